The molecule has 0 amide bonds. The van der Waals surface area contributed by atoms with Crippen LogP contribution in [0.4, 0.5) is 0 Å². The Morgan fingerprint density at radius 2 is 0.527 bits per heavy atom. The van der Waals surface area contributed by atoms with Crippen molar-refractivity contribution in [2.45, 2.75) is 303 Å². The second-order valence-corrected chi connectivity index (χ2v) is 20.6. The highest BCUT2D eigenvalue weighted by Crippen LogP contribution is 2.16. The normalized spacial score (nSPS) is 12.7. The zero-order chi connectivity index (χ0) is 53.6. The maximum atomic E-state index is 12.9. The molecule has 0 rings (SSSR count). The van der Waals surface area contributed by atoms with Gasteiger partial charge in [-0.25, -0.2) is 0 Å². The lowest BCUT2D eigenvalue weighted by molar-refractivity contribution is -0.167. The fourth-order valence-corrected chi connectivity index (χ4v) is 8.72. The molecule has 6 heteroatoms. The summed E-state index contributed by atoms with van der Waals surface area (Å²) in [7, 11) is 0. The molecule has 0 aliphatic carbocycles. The molecule has 0 spiro atoms. The molecule has 424 valence electrons. The minimum Gasteiger partial charge on any atom is -0.462 e. The van der Waals surface area contributed by atoms with Crippen LogP contribution in [0.5, 0.6) is 0 Å². The third-order valence-electron chi connectivity index (χ3n) is 13.3. The van der Waals surface area contributed by atoms with Crippen LogP contribution in [0.3, 0.4) is 0 Å². The summed E-state index contributed by atoms with van der Waals surface area (Å²) in [6.07, 6.45) is 82.6. The van der Waals surface area contributed by atoms with Crippen LogP contribution >= 0.6 is 0 Å². The van der Waals surface area contributed by atoms with Crippen LogP contribution in [0.1, 0.15) is 297 Å². The van der Waals surface area contributed by atoms with Gasteiger partial charge in [0.1, 0.15) is 13.2 Å². The smallest absolute Gasteiger partial charge is 0.306 e. The van der Waals surface area contributed by atoms with Crippen molar-refractivity contribution < 1.29 is 28.6 Å². The molecule has 0 aromatic carbocycles. The Kier molecular flexibility index (Phi) is 58.8. The molecular weight excluding hydrogens is 913 g/mol. The first-order valence-electron chi connectivity index (χ1n) is 31.2. The number of carbonyl (C=O) groups is 3. The Hall–Kier alpha value is -3.67. The monoisotopic (exact) mass is 1030 g/mol. The predicted molar refractivity (Wildman–Crippen MR) is 320 cm³/mol. The van der Waals surface area contributed by atoms with E-state index in [0.29, 0.717) is 19.3 Å². The zero-order valence-corrected chi connectivity index (χ0v) is 48.6. The van der Waals surface area contributed by atoms with Gasteiger partial charge in [0.2, 0.25) is 0 Å². The van der Waals surface area contributed by atoms with E-state index in [4.69, 9.17) is 14.2 Å². The fraction of sp³-hybridized carbons (Fsp3) is 0.721. The molecule has 0 saturated heterocycles. The highest BCUT2D eigenvalue weighted by atomic mass is 16.6. The van der Waals surface area contributed by atoms with Crippen LogP contribution in [-0.4, -0.2) is 37.2 Å². The summed E-state index contributed by atoms with van der Waals surface area (Å²) in [6.45, 7) is 6.42. The molecule has 0 aliphatic rings. The average molecular weight is 1030 g/mol. The van der Waals surface area contributed by atoms with Gasteiger partial charge in [-0.2, -0.15) is 0 Å². The van der Waals surface area contributed by atoms with Crippen molar-refractivity contribution in [3.05, 3.63) is 97.2 Å². The first-order chi connectivity index (χ1) is 36.5. The molecule has 6 nitrogen and oxygen atoms in total. The van der Waals surface area contributed by atoms with Gasteiger partial charge in [0, 0.05) is 19.3 Å². The molecule has 0 aromatic heterocycles. The maximum Gasteiger partial charge on any atom is 0.306 e. The van der Waals surface area contributed by atoms with Crippen LogP contribution in [0.2, 0.25) is 0 Å². The van der Waals surface area contributed by atoms with Gasteiger partial charge in [0.05, 0.1) is 0 Å². The summed E-state index contributed by atoms with van der Waals surface area (Å²) in [5, 5.41) is 0. The van der Waals surface area contributed by atoms with E-state index in [1.807, 2.05) is 0 Å². The van der Waals surface area contributed by atoms with Crippen molar-refractivity contribution in [3.63, 3.8) is 0 Å². The van der Waals surface area contributed by atoms with Crippen molar-refractivity contribution in [2.75, 3.05) is 13.2 Å². The van der Waals surface area contributed by atoms with E-state index in [1.165, 1.54) is 122 Å². The van der Waals surface area contributed by atoms with Gasteiger partial charge in [-0.1, -0.05) is 279 Å². The fourth-order valence-electron chi connectivity index (χ4n) is 8.72. The quantitative estimate of drug-likeness (QED) is 0.0261. The summed E-state index contributed by atoms with van der Waals surface area (Å²) in [5.41, 5.74) is 0. The number of ether oxygens (including phenoxy) is 3. The second-order valence-electron chi connectivity index (χ2n) is 20.6. The number of hydrogen-bond acceptors (Lipinski definition) is 6. The SMILES string of the molecule is CC/C=C\C/C=C\C/C=C\C/C=C\C/C=C\CCCCCCCC(=O)OCC(COC(=O)CCCCCCCCC/C=C\C/C=C\C/C=C\CC)OC(=O)CCCCCCCCCCCCCCCCCCCC. The summed E-state index contributed by atoms with van der Waals surface area (Å²) < 4.78 is 16.9. The molecule has 0 aliphatic heterocycles. The minimum atomic E-state index is -0.791. The molecule has 1 atom stereocenters. The lowest BCUT2D eigenvalue weighted by atomic mass is 10.0. The average Bonchev–Trinajstić information content (AvgIpc) is 3.40. The molecule has 0 aromatic rings. The molecule has 0 heterocycles. The summed E-state index contributed by atoms with van der Waals surface area (Å²) in [4.78, 5) is 38.3. The maximum absolute atomic E-state index is 12.9. The predicted octanol–water partition coefficient (Wildman–Crippen LogP) is 21.3. The van der Waals surface area contributed by atoms with E-state index in [1.54, 1.807) is 0 Å². The molecule has 1 unspecified atom stereocenters. The number of rotatable bonds is 56. The topological polar surface area (TPSA) is 78.9 Å². The van der Waals surface area contributed by atoms with E-state index < -0.39 is 6.10 Å². The van der Waals surface area contributed by atoms with Gasteiger partial charge < -0.3 is 14.2 Å². The third-order valence-corrected chi connectivity index (χ3v) is 13.3. The molecule has 0 bridgehead atoms. The zero-order valence-electron chi connectivity index (χ0n) is 48.6. The van der Waals surface area contributed by atoms with Crippen LogP contribution in [-0.2, 0) is 28.6 Å². The molecule has 0 N–H and O–H groups in total. The Morgan fingerprint density at radius 1 is 0.284 bits per heavy atom. The minimum absolute atomic E-state index is 0.0874. The lowest BCUT2D eigenvalue weighted by Crippen LogP contribution is -2.30. The van der Waals surface area contributed by atoms with Gasteiger partial charge in [-0.05, 0) is 96.3 Å². The van der Waals surface area contributed by atoms with Crippen LogP contribution < -0.4 is 0 Å². The van der Waals surface area contributed by atoms with E-state index in [9.17, 15) is 14.4 Å². The van der Waals surface area contributed by atoms with Gasteiger partial charge >= 0.3 is 17.9 Å². The number of unbranched alkanes of at least 4 members (excludes halogenated alkanes) is 29. The van der Waals surface area contributed by atoms with Gasteiger partial charge in [0.25, 0.3) is 0 Å². The number of hydrogen-bond donors (Lipinski definition) is 0. The Labute approximate surface area is 457 Å². The van der Waals surface area contributed by atoms with Crippen molar-refractivity contribution in [2.24, 2.45) is 0 Å². The van der Waals surface area contributed by atoms with Crippen LogP contribution in [0.25, 0.3) is 0 Å². The first kappa shape index (κ1) is 70.3. The summed E-state index contributed by atoms with van der Waals surface area (Å²) in [6, 6.07) is 0. The van der Waals surface area contributed by atoms with E-state index >= 15 is 0 Å². The lowest BCUT2D eigenvalue weighted by Gasteiger charge is -2.18. The summed E-state index contributed by atoms with van der Waals surface area (Å²) >= 11 is 0. The Bertz CT molecular complexity index is 1460. The molecule has 74 heavy (non-hydrogen) atoms. The standard InChI is InChI=1S/C68H116O6/c1-4-7-10-13-16-19-22-25-28-31-33-34-35-38-40-43-46-49-52-55-58-61-67(70)73-64-65(63-72-66(69)60-57-54-51-48-45-42-39-36-30-27-24-21-18-15-12-9-6-3)74-68(71)62-59-56-53-50-47-44-41-37-32-29-26-23-20-17-14-11-8-5-2/h7,9-10,12,16,18-19,21,25,27-28,30,33-34,38,40,65H,4-6,8,11,13-15,17,20,22-24,26,29,31-32,35-37,39,41-64H2,1-3H3/b10-7-,12-9-,19-16-,21-18-,28-25-,30-27-,34-33-,40-38-. The molecule has 0 radical (unpaired) electrons. The number of esters is 3. The Balaban J connectivity index is 4.42. The van der Waals surface area contributed by atoms with Gasteiger partial charge in [-0.15, -0.1) is 0 Å². The molecule has 0 fully saturated rings. The van der Waals surface area contributed by atoms with E-state index in [0.717, 1.165) is 135 Å². The highest BCUT2D eigenvalue weighted by molar-refractivity contribution is 5.71. The number of carbonyl (C=O) groups excluding carboxylic acids is 3. The van der Waals surface area contributed by atoms with Crippen molar-refractivity contribution in [1.29, 1.82) is 0 Å². The van der Waals surface area contributed by atoms with E-state index in [-0.39, 0.29) is 31.1 Å². The summed E-state index contributed by atoms with van der Waals surface area (Å²) in [5.74, 6) is -0.904. The van der Waals surface area contributed by atoms with Gasteiger partial charge in [-0.3, -0.25) is 14.4 Å². The van der Waals surface area contributed by atoms with Gasteiger partial charge in [0.15, 0.2) is 6.10 Å². The van der Waals surface area contributed by atoms with Crippen LogP contribution in [0, 0.1) is 0 Å². The largest absolute Gasteiger partial charge is 0.462 e. The molecule has 0 saturated carbocycles. The van der Waals surface area contributed by atoms with Crippen LogP contribution in [0.15, 0.2) is 97.2 Å². The highest BCUT2D eigenvalue weighted by Gasteiger charge is 2.19. The molecular formula is C68H116O6. The van der Waals surface area contributed by atoms with Crippen molar-refractivity contribution in [1.82, 2.24) is 0 Å². The third kappa shape index (κ3) is 59.2. The van der Waals surface area contributed by atoms with Crippen molar-refractivity contribution >= 4 is 17.9 Å². The van der Waals surface area contributed by atoms with E-state index in [2.05, 4.69) is 118 Å². The first-order valence-corrected chi connectivity index (χ1v) is 31.2. The second kappa shape index (κ2) is 61.9. The van der Waals surface area contributed by atoms with Crippen molar-refractivity contribution in [3.8, 4) is 0 Å². The number of allylic oxidation sites excluding steroid dienone is 16. The Morgan fingerprint density at radius 3 is 0.824 bits per heavy atom.